The van der Waals surface area contributed by atoms with Crippen LogP contribution in [0.2, 0.25) is 0 Å². The average molecular weight is 386 g/mol. The van der Waals surface area contributed by atoms with E-state index in [2.05, 4.69) is 4.98 Å². The van der Waals surface area contributed by atoms with Crippen LogP contribution in [0.15, 0.2) is 35.1 Å². The number of likely N-dealkylation sites (tertiary alicyclic amines) is 1. The first-order valence-electron chi connectivity index (χ1n) is 9.41. The van der Waals surface area contributed by atoms with Crippen molar-refractivity contribution in [2.45, 2.75) is 25.6 Å². The second kappa shape index (κ2) is 7.73. The van der Waals surface area contributed by atoms with Gasteiger partial charge in [-0.3, -0.25) is 4.79 Å². The van der Waals surface area contributed by atoms with Gasteiger partial charge in [0.25, 0.3) is 5.91 Å². The van der Waals surface area contributed by atoms with Crippen molar-refractivity contribution in [1.82, 2.24) is 9.88 Å². The number of amides is 1. The Morgan fingerprint density at radius 2 is 1.89 bits per heavy atom. The van der Waals surface area contributed by atoms with Crippen molar-refractivity contribution in [3.8, 4) is 11.3 Å². The van der Waals surface area contributed by atoms with Crippen LogP contribution < -0.4 is 0 Å². The molecule has 2 aliphatic rings. The van der Waals surface area contributed by atoms with Gasteiger partial charge in [0.05, 0.1) is 25.4 Å². The number of hydrogen-bond donors (Lipinski definition) is 0. The standard InChI is InChI=1S/C20H22N2O6/c1-2-25-19(24)16-17(26-13-21-16)14-5-3-4-6-15(14)18(23)22-9-7-20(8-10-22)27-11-12-28-20/h3-6,13H,2,7-12H2,1H3. The van der Waals surface area contributed by atoms with Gasteiger partial charge in [0, 0.05) is 31.5 Å². The molecule has 1 aromatic heterocycles. The lowest BCUT2D eigenvalue weighted by atomic mass is 9.99. The van der Waals surface area contributed by atoms with E-state index >= 15 is 0 Å². The molecule has 1 spiro atoms. The van der Waals surface area contributed by atoms with E-state index in [1.54, 1.807) is 36.1 Å². The zero-order valence-electron chi connectivity index (χ0n) is 15.7. The zero-order chi connectivity index (χ0) is 19.6. The Balaban J connectivity index is 1.58. The number of hydrogen-bond acceptors (Lipinski definition) is 7. The third-order valence-electron chi connectivity index (χ3n) is 5.06. The highest BCUT2D eigenvalue weighted by molar-refractivity contribution is 6.03. The van der Waals surface area contributed by atoms with Crippen LogP contribution in [-0.2, 0) is 14.2 Å². The number of benzene rings is 1. The highest BCUT2D eigenvalue weighted by atomic mass is 16.7. The molecule has 0 atom stereocenters. The predicted molar refractivity (Wildman–Crippen MR) is 97.7 cm³/mol. The average Bonchev–Trinajstić information content (AvgIpc) is 3.38. The van der Waals surface area contributed by atoms with Crippen molar-refractivity contribution in [3.63, 3.8) is 0 Å². The topological polar surface area (TPSA) is 91.1 Å². The molecule has 0 N–H and O–H groups in total. The molecule has 4 rings (SSSR count). The third kappa shape index (κ3) is 3.41. The first-order chi connectivity index (χ1) is 13.6. The van der Waals surface area contributed by atoms with E-state index in [4.69, 9.17) is 18.6 Å². The molecule has 2 aliphatic heterocycles. The van der Waals surface area contributed by atoms with Crippen molar-refractivity contribution < 1.29 is 28.2 Å². The van der Waals surface area contributed by atoms with Gasteiger partial charge in [-0.15, -0.1) is 0 Å². The number of oxazole rings is 1. The molecule has 2 saturated heterocycles. The molecule has 2 fully saturated rings. The summed E-state index contributed by atoms with van der Waals surface area (Å²) in [5, 5.41) is 0. The molecule has 0 bridgehead atoms. The third-order valence-corrected chi connectivity index (χ3v) is 5.06. The van der Waals surface area contributed by atoms with Crippen molar-refractivity contribution in [1.29, 1.82) is 0 Å². The van der Waals surface area contributed by atoms with E-state index in [0.29, 0.717) is 50.3 Å². The van der Waals surface area contributed by atoms with Crippen LogP contribution in [0, 0.1) is 0 Å². The molecule has 1 aromatic carbocycles. The summed E-state index contributed by atoms with van der Waals surface area (Å²) in [6.07, 6.45) is 2.46. The van der Waals surface area contributed by atoms with Gasteiger partial charge in [-0.25, -0.2) is 9.78 Å². The van der Waals surface area contributed by atoms with Crippen LogP contribution in [0.1, 0.15) is 40.6 Å². The quantitative estimate of drug-likeness (QED) is 0.746. The van der Waals surface area contributed by atoms with Crippen molar-refractivity contribution in [2.24, 2.45) is 0 Å². The lowest BCUT2D eigenvalue weighted by Crippen LogP contribution is -2.47. The fourth-order valence-electron chi connectivity index (χ4n) is 3.66. The molecule has 1 amide bonds. The second-order valence-corrected chi connectivity index (χ2v) is 6.70. The molecule has 148 valence electrons. The number of nitrogens with zero attached hydrogens (tertiary/aromatic N) is 2. The SMILES string of the molecule is CCOC(=O)c1ncoc1-c1ccccc1C(=O)N1CCC2(CC1)OCCO2. The molecular weight excluding hydrogens is 364 g/mol. The maximum Gasteiger partial charge on any atom is 0.360 e. The highest BCUT2D eigenvalue weighted by Crippen LogP contribution is 2.33. The lowest BCUT2D eigenvalue weighted by molar-refractivity contribution is -0.181. The van der Waals surface area contributed by atoms with Gasteiger partial charge in [0.15, 0.2) is 23.6 Å². The van der Waals surface area contributed by atoms with Gasteiger partial charge in [0.2, 0.25) is 0 Å². The van der Waals surface area contributed by atoms with Gasteiger partial charge in [-0.05, 0) is 13.0 Å². The van der Waals surface area contributed by atoms with Crippen LogP contribution in [0.5, 0.6) is 0 Å². The monoisotopic (exact) mass is 386 g/mol. The van der Waals surface area contributed by atoms with Crippen molar-refractivity contribution in [2.75, 3.05) is 32.9 Å². The Bertz CT molecular complexity index is 861. The molecule has 0 saturated carbocycles. The number of carbonyl (C=O) groups excluding carboxylic acids is 2. The largest absolute Gasteiger partial charge is 0.461 e. The van der Waals surface area contributed by atoms with E-state index in [-0.39, 0.29) is 24.0 Å². The van der Waals surface area contributed by atoms with Crippen molar-refractivity contribution >= 4 is 11.9 Å². The number of piperidine rings is 1. The van der Waals surface area contributed by atoms with Crippen LogP contribution in [0.4, 0.5) is 0 Å². The normalized spacial score (nSPS) is 18.4. The Labute approximate surface area is 162 Å². The minimum Gasteiger partial charge on any atom is -0.461 e. The number of rotatable bonds is 4. The van der Waals surface area contributed by atoms with E-state index in [1.165, 1.54) is 6.39 Å². The minimum atomic E-state index is -0.580. The summed E-state index contributed by atoms with van der Waals surface area (Å²) in [4.78, 5) is 31.1. The van der Waals surface area contributed by atoms with Crippen LogP contribution in [0.25, 0.3) is 11.3 Å². The molecule has 0 unspecified atom stereocenters. The van der Waals surface area contributed by atoms with E-state index in [0.717, 1.165) is 0 Å². The number of esters is 1. The van der Waals surface area contributed by atoms with E-state index in [1.807, 2.05) is 0 Å². The van der Waals surface area contributed by atoms with Gasteiger partial charge in [-0.2, -0.15) is 0 Å². The zero-order valence-corrected chi connectivity index (χ0v) is 15.7. The maximum absolute atomic E-state index is 13.2. The fourth-order valence-corrected chi connectivity index (χ4v) is 3.66. The summed E-state index contributed by atoms with van der Waals surface area (Å²) in [5.41, 5.74) is 1.03. The molecule has 0 radical (unpaired) electrons. The Morgan fingerprint density at radius 3 is 2.61 bits per heavy atom. The molecule has 8 heteroatoms. The second-order valence-electron chi connectivity index (χ2n) is 6.70. The molecule has 8 nitrogen and oxygen atoms in total. The predicted octanol–water partition coefficient (Wildman–Crippen LogP) is 2.50. The van der Waals surface area contributed by atoms with Crippen LogP contribution in [0.3, 0.4) is 0 Å². The number of aromatic nitrogens is 1. The van der Waals surface area contributed by atoms with Gasteiger partial charge < -0.3 is 23.5 Å². The molecule has 3 heterocycles. The summed E-state index contributed by atoms with van der Waals surface area (Å²) in [6, 6.07) is 7.04. The highest BCUT2D eigenvalue weighted by Gasteiger charge is 2.41. The van der Waals surface area contributed by atoms with E-state index in [9.17, 15) is 9.59 Å². The number of carbonyl (C=O) groups is 2. The van der Waals surface area contributed by atoms with Crippen LogP contribution in [-0.4, -0.2) is 60.5 Å². The summed E-state index contributed by atoms with van der Waals surface area (Å²) >= 11 is 0. The summed E-state index contributed by atoms with van der Waals surface area (Å²) in [5.74, 6) is -1.02. The Hall–Kier alpha value is -2.71. The number of ether oxygens (including phenoxy) is 3. The van der Waals surface area contributed by atoms with Crippen LogP contribution >= 0.6 is 0 Å². The molecule has 0 aliphatic carbocycles. The summed E-state index contributed by atoms with van der Waals surface area (Å²) < 4.78 is 21.9. The minimum absolute atomic E-state index is 0.0625. The van der Waals surface area contributed by atoms with Gasteiger partial charge >= 0.3 is 5.97 Å². The summed E-state index contributed by atoms with van der Waals surface area (Å²) in [6.45, 7) is 4.21. The first-order valence-corrected chi connectivity index (χ1v) is 9.41. The molecule has 28 heavy (non-hydrogen) atoms. The fraction of sp³-hybridized carbons (Fsp3) is 0.450. The molecule has 2 aromatic rings. The smallest absolute Gasteiger partial charge is 0.360 e. The molecular formula is C20H22N2O6. The Kier molecular flexibility index (Phi) is 5.15. The lowest BCUT2D eigenvalue weighted by Gasteiger charge is -2.37. The van der Waals surface area contributed by atoms with Gasteiger partial charge in [0.1, 0.15) is 0 Å². The Morgan fingerprint density at radius 1 is 1.18 bits per heavy atom. The van der Waals surface area contributed by atoms with Gasteiger partial charge in [-0.1, -0.05) is 18.2 Å². The summed E-state index contributed by atoms with van der Waals surface area (Å²) in [7, 11) is 0. The maximum atomic E-state index is 13.2. The van der Waals surface area contributed by atoms with E-state index < -0.39 is 11.8 Å². The first kappa shape index (κ1) is 18.6. The van der Waals surface area contributed by atoms with Crippen molar-refractivity contribution in [3.05, 3.63) is 41.9 Å².